The summed E-state index contributed by atoms with van der Waals surface area (Å²) in [4.78, 5) is 23.7. The monoisotopic (exact) mass is 435 g/mol. The average Bonchev–Trinajstić information content (AvgIpc) is 2.94. The van der Waals surface area contributed by atoms with Crippen LogP contribution >= 0.6 is 11.8 Å². The largest absolute Gasteiger partial charge is 0.463 e. The van der Waals surface area contributed by atoms with Gasteiger partial charge in [0.05, 0.1) is 12.3 Å². The maximum Gasteiger partial charge on any atom is 0.332 e. The van der Waals surface area contributed by atoms with E-state index in [1.807, 2.05) is 19.2 Å². The molecule has 0 bridgehead atoms. The fourth-order valence-electron chi connectivity index (χ4n) is 3.78. The number of rotatable bonds is 4. The van der Waals surface area contributed by atoms with Crippen LogP contribution < -0.4 is 0 Å². The molecule has 0 aromatic heterocycles. The molecule has 0 spiro atoms. The first-order chi connectivity index (χ1) is 15.0. The summed E-state index contributed by atoms with van der Waals surface area (Å²) in [7, 11) is 0. The lowest BCUT2D eigenvalue weighted by Crippen LogP contribution is -2.47. The summed E-state index contributed by atoms with van der Waals surface area (Å²) in [5, 5.41) is 0. The van der Waals surface area contributed by atoms with E-state index in [0.717, 1.165) is 37.7 Å². The van der Waals surface area contributed by atoms with Gasteiger partial charge >= 0.3 is 5.97 Å². The summed E-state index contributed by atoms with van der Waals surface area (Å²) in [5.74, 6) is 1.22. The van der Waals surface area contributed by atoms with Gasteiger partial charge < -0.3 is 14.5 Å². The van der Waals surface area contributed by atoms with Crippen molar-refractivity contribution in [3.8, 4) is 0 Å². The fraction of sp³-hybridized carbons (Fsp3) is 0.360. The van der Waals surface area contributed by atoms with Crippen molar-refractivity contribution in [2.24, 2.45) is 4.99 Å². The number of hydrogen-bond acceptors (Lipinski definition) is 6. The Morgan fingerprint density at radius 3 is 2.65 bits per heavy atom. The molecule has 0 amide bonds. The van der Waals surface area contributed by atoms with Crippen LogP contribution in [0.2, 0.25) is 0 Å². The molecular weight excluding hydrogens is 406 g/mol. The number of fused-ring (bicyclic) bond motifs is 2. The van der Waals surface area contributed by atoms with Crippen molar-refractivity contribution in [3.63, 3.8) is 0 Å². The molecular formula is C25H29N3O2S. The van der Waals surface area contributed by atoms with Crippen molar-refractivity contribution >= 4 is 29.3 Å². The van der Waals surface area contributed by atoms with Gasteiger partial charge in [-0.3, -0.25) is 0 Å². The highest BCUT2D eigenvalue weighted by Crippen LogP contribution is 2.41. The molecule has 0 aliphatic carbocycles. The van der Waals surface area contributed by atoms with Crippen molar-refractivity contribution in [2.75, 3.05) is 32.8 Å². The maximum absolute atomic E-state index is 11.6. The first-order valence-corrected chi connectivity index (χ1v) is 11.7. The number of amidine groups is 1. The molecule has 5 nitrogen and oxygen atoms in total. The van der Waals surface area contributed by atoms with Crippen molar-refractivity contribution in [2.45, 2.75) is 36.5 Å². The molecule has 0 saturated carbocycles. The maximum atomic E-state index is 11.6. The van der Waals surface area contributed by atoms with E-state index < -0.39 is 0 Å². The predicted molar refractivity (Wildman–Crippen MR) is 126 cm³/mol. The van der Waals surface area contributed by atoms with E-state index in [9.17, 15) is 4.79 Å². The van der Waals surface area contributed by atoms with Gasteiger partial charge in [-0.1, -0.05) is 43.8 Å². The number of aliphatic imine (C=N–C) groups is 1. The second-order valence-corrected chi connectivity index (χ2v) is 9.09. The minimum absolute atomic E-state index is 0.290. The van der Waals surface area contributed by atoms with Crippen molar-refractivity contribution in [1.29, 1.82) is 0 Å². The molecule has 1 saturated heterocycles. The first kappa shape index (κ1) is 21.5. The summed E-state index contributed by atoms with van der Waals surface area (Å²) < 4.78 is 4.98. The van der Waals surface area contributed by atoms with E-state index in [2.05, 4.69) is 60.0 Å². The molecule has 162 valence electrons. The third-order valence-electron chi connectivity index (χ3n) is 5.54. The Hall–Kier alpha value is -2.73. The molecule has 0 radical (unpaired) electrons. The van der Waals surface area contributed by atoms with Gasteiger partial charge in [-0.15, -0.1) is 0 Å². The highest BCUT2D eigenvalue weighted by atomic mass is 32.2. The second-order valence-electron chi connectivity index (χ2n) is 8.01. The lowest BCUT2D eigenvalue weighted by atomic mass is 10.00. The lowest BCUT2D eigenvalue weighted by Gasteiger charge is -2.36. The van der Waals surface area contributed by atoms with Gasteiger partial charge in [0.25, 0.3) is 0 Å². The van der Waals surface area contributed by atoms with E-state index in [1.54, 1.807) is 11.8 Å². The third kappa shape index (κ3) is 4.96. The number of ether oxygens (including phenoxy) is 1. The van der Waals surface area contributed by atoms with Crippen LogP contribution in [0.15, 0.2) is 69.5 Å². The number of piperazine rings is 1. The van der Waals surface area contributed by atoms with Crippen LogP contribution in [0.4, 0.5) is 5.69 Å². The molecule has 1 fully saturated rings. The van der Waals surface area contributed by atoms with E-state index in [4.69, 9.17) is 9.73 Å². The molecule has 2 aromatic carbocycles. The Kier molecular flexibility index (Phi) is 6.66. The minimum Gasteiger partial charge on any atom is -0.463 e. The van der Waals surface area contributed by atoms with E-state index >= 15 is 0 Å². The standard InChI is InChI=1S/C25H29N3O2S/c1-4-30-24(29)11-12-27-13-15-28(16-14-27)25-20-17-19(18(2)3)9-10-22(20)31-23-8-6-5-7-21(23)26-25/h5-12,17-18H,4,13-16H2,1-3H3/b12-11+. The Labute approximate surface area is 188 Å². The fourth-order valence-corrected chi connectivity index (χ4v) is 4.78. The number of carbonyl (C=O) groups is 1. The van der Waals surface area contributed by atoms with Crippen LogP contribution in [-0.4, -0.2) is 54.4 Å². The van der Waals surface area contributed by atoms with Gasteiger partial charge in [-0.25, -0.2) is 9.79 Å². The van der Waals surface area contributed by atoms with Gasteiger partial charge in [0.1, 0.15) is 5.84 Å². The molecule has 6 heteroatoms. The number of nitrogens with zero attached hydrogens (tertiary/aromatic N) is 3. The van der Waals surface area contributed by atoms with Crippen LogP contribution in [0.5, 0.6) is 0 Å². The lowest BCUT2D eigenvalue weighted by molar-refractivity contribution is -0.137. The molecule has 31 heavy (non-hydrogen) atoms. The smallest absolute Gasteiger partial charge is 0.332 e. The van der Waals surface area contributed by atoms with Gasteiger partial charge in [0.15, 0.2) is 0 Å². The highest BCUT2D eigenvalue weighted by molar-refractivity contribution is 7.99. The molecule has 0 unspecified atom stereocenters. The van der Waals surface area contributed by atoms with E-state index in [0.29, 0.717) is 12.5 Å². The average molecular weight is 436 g/mol. The number of carbonyl (C=O) groups excluding carboxylic acids is 1. The van der Waals surface area contributed by atoms with Gasteiger partial charge in [-0.2, -0.15) is 0 Å². The molecule has 4 rings (SSSR count). The number of hydrogen-bond donors (Lipinski definition) is 0. The SMILES string of the molecule is CCOC(=O)/C=C/N1CCN(C2=Nc3ccccc3Sc3ccc(C(C)C)cc32)CC1. The normalized spacial score (nSPS) is 16.1. The Balaban J connectivity index is 1.61. The molecule has 2 aliphatic rings. The topological polar surface area (TPSA) is 45.1 Å². The first-order valence-electron chi connectivity index (χ1n) is 10.9. The van der Waals surface area contributed by atoms with Crippen LogP contribution in [-0.2, 0) is 9.53 Å². The summed E-state index contributed by atoms with van der Waals surface area (Å²) in [6, 6.07) is 15.1. The zero-order valence-corrected chi connectivity index (χ0v) is 19.2. The highest BCUT2D eigenvalue weighted by Gasteiger charge is 2.25. The van der Waals surface area contributed by atoms with Crippen molar-refractivity contribution in [3.05, 3.63) is 65.9 Å². The molecule has 2 aromatic rings. The molecule has 0 N–H and O–H groups in total. The van der Waals surface area contributed by atoms with Crippen LogP contribution in [0.25, 0.3) is 0 Å². The Morgan fingerprint density at radius 2 is 1.90 bits per heavy atom. The van der Waals surface area contributed by atoms with Gasteiger partial charge in [0, 0.05) is 53.8 Å². The van der Waals surface area contributed by atoms with E-state index in [-0.39, 0.29) is 5.97 Å². The second kappa shape index (κ2) is 9.60. The zero-order chi connectivity index (χ0) is 21.8. The van der Waals surface area contributed by atoms with Crippen molar-refractivity contribution in [1.82, 2.24) is 9.80 Å². The summed E-state index contributed by atoms with van der Waals surface area (Å²) in [6.45, 7) is 10.0. The minimum atomic E-state index is -0.290. The van der Waals surface area contributed by atoms with Crippen LogP contribution in [0.1, 0.15) is 37.8 Å². The summed E-state index contributed by atoms with van der Waals surface area (Å²) >= 11 is 1.79. The van der Waals surface area contributed by atoms with Crippen LogP contribution in [0.3, 0.4) is 0 Å². The summed E-state index contributed by atoms with van der Waals surface area (Å²) in [5.41, 5.74) is 3.56. The summed E-state index contributed by atoms with van der Waals surface area (Å²) in [6.07, 6.45) is 3.36. The third-order valence-corrected chi connectivity index (χ3v) is 6.69. The van der Waals surface area contributed by atoms with E-state index in [1.165, 1.54) is 27.0 Å². The zero-order valence-electron chi connectivity index (χ0n) is 18.4. The number of benzene rings is 2. The van der Waals surface area contributed by atoms with Crippen LogP contribution in [0, 0.1) is 0 Å². The Bertz CT molecular complexity index is 1010. The van der Waals surface area contributed by atoms with Gasteiger partial charge in [-0.05, 0) is 42.7 Å². The number of para-hydroxylation sites is 1. The van der Waals surface area contributed by atoms with Crippen molar-refractivity contribution < 1.29 is 9.53 Å². The quantitative estimate of drug-likeness (QED) is 0.497. The molecule has 2 heterocycles. The number of esters is 1. The Morgan fingerprint density at radius 1 is 1.13 bits per heavy atom. The molecule has 0 atom stereocenters. The predicted octanol–water partition coefficient (Wildman–Crippen LogP) is 5.05. The molecule has 2 aliphatic heterocycles. The van der Waals surface area contributed by atoms with Gasteiger partial charge in [0.2, 0.25) is 0 Å².